The topological polar surface area (TPSA) is 80.0 Å². The highest BCUT2D eigenvalue weighted by molar-refractivity contribution is 6.99. The van der Waals surface area contributed by atoms with Crippen molar-refractivity contribution in [2.75, 3.05) is 31.1 Å². The zero-order chi connectivity index (χ0) is 19.7. The van der Waals surface area contributed by atoms with Crippen molar-refractivity contribution in [2.24, 2.45) is 0 Å². The summed E-state index contributed by atoms with van der Waals surface area (Å²) < 4.78 is 23.2. The number of piperazine rings is 1. The van der Waals surface area contributed by atoms with Crippen LogP contribution in [0.15, 0.2) is 24.3 Å². The average Bonchev–Trinajstić information content (AvgIpc) is 3.28. The van der Waals surface area contributed by atoms with Crippen LogP contribution in [0.4, 0.5) is 10.1 Å². The van der Waals surface area contributed by atoms with Gasteiger partial charge in [-0.3, -0.25) is 4.79 Å². The predicted molar refractivity (Wildman–Crippen MR) is 103 cm³/mol. The lowest BCUT2D eigenvalue weighted by Gasteiger charge is -2.35. The Labute approximate surface area is 165 Å². The lowest BCUT2D eigenvalue weighted by molar-refractivity contribution is 0.0740. The van der Waals surface area contributed by atoms with Gasteiger partial charge in [-0.1, -0.05) is 5.21 Å². The van der Waals surface area contributed by atoms with Gasteiger partial charge in [0.15, 0.2) is 5.69 Å². The van der Waals surface area contributed by atoms with Crippen LogP contribution in [-0.4, -0.2) is 60.7 Å². The highest BCUT2D eigenvalue weighted by atomic mass is 32.1. The summed E-state index contributed by atoms with van der Waals surface area (Å²) in [6.07, 6.45) is 0. The molecule has 0 aliphatic carbocycles. The third kappa shape index (κ3) is 3.59. The number of nitrogens with zero attached hydrogens (tertiary/aromatic N) is 7. The molecule has 4 rings (SSSR count). The average molecular weight is 401 g/mol. The van der Waals surface area contributed by atoms with Crippen molar-refractivity contribution in [3.8, 4) is 0 Å². The minimum absolute atomic E-state index is 0.115. The van der Waals surface area contributed by atoms with Crippen molar-refractivity contribution in [1.29, 1.82) is 0 Å². The van der Waals surface area contributed by atoms with Gasteiger partial charge in [0.2, 0.25) is 0 Å². The van der Waals surface area contributed by atoms with Gasteiger partial charge in [0.25, 0.3) is 5.91 Å². The highest BCUT2D eigenvalue weighted by Gasteiger charge is 2.26. The quantitative estimate of drug-likeness (QED) is 0.664. The summed E-state index contributed by atoms with van der Waals surface area (Å²) in [4.78, 5) is 16.8. The molecular weight excluding hydrogens is 381 g/mol. The molecule has 0 atom stereocenters. The summed E-state index contributed by atoms with van der Waals surface area (Å²) in [5.74, 6) is -0.365. The van der Waals surface area contributed by atoms with E-state index < -0.39 is 0 Å². The monoisotopic (exact) mass is 401 g/mol. The van der Waals surface area contributed by atoms with Crippen molar-refractivity contribution < 1.29 is 9.18 Å². The van der Waals surface area contributed by atoms with E-state index >= 15 is 0 Å². The second-order valence-electron chi connectivity index (χ2n) is 6.73. The molecule has 1 amide bonds. The molecule has 1 aromatic carbocycles. The minimum atomic E-state index is -0.250. The Hall–Kier alpha value is -2.88. The maximum atomic E-state index is 13.1. The number of hydrogen-bond acceptors (Lipinski definition) is 7. The van der Waals surface area contributed by atoms with Crippen LogP contribution in [0.3, 0.4) is 0 Å². The van der Waals surface area contributed by atoms with E-state index in [0.717, 1.165) is 34.5 Å². The summed E-state index contributed by atoms with van der Waals surface area (Å²) in [7, 11) is 0. The number of halogens is 1. The van der Waals surface area contributed by atoms with Crippen LogP contribution in [0.25, 0.3) is 0 Å². The van der Waals surface area contributed by atoms with E-state index in [2.05, 4.69) is 24.0 Å². The van der Waals surface area contributed by atoms with E-state index in [1.165, 1.54) is 12.1 Å². The fourth-order valence-electron chi connectivity index (χ4n) is 3.21. The van der Waals surface area contributed by atoms with Crippen LogP contribution in [0.1, 0.15) is 27.6 Å². The fourth-order valence-corrected chi connectivity index (χ4v) is 3.77. The molecule has 146 valence electrons. The Balaban J connectivity index is 1.41. The first kappa shape index (κ1) is 18.5. The number of carbonyl (C=O) groups is 1. The van der Waals surface area contributed by atoms with Crippen molar-refractivity contribution in [3.63, 3.8) is 0 Å². The zero-order valence-corrected chi connectivity index (χ0v) is 16.5. The van der Waals surface area contributed by atoms with Gasteiger partial charge in [-0.25, -0.2) is 9.07 Å². The molecule has 2 aromatic heterocycles. The fraction of sp³-hybridized carbons (Fsp3) is 0.389. The van der Waals surface area contributed by atoms with Crippen LogP contribution in [-0.2, 0) is 6.54 Å². The van der Waals surface area contributed by atoms with Gasteiger partial charge in [0.05, 0.1) is 35.4 Å². The molecule has 3 aromatic rings. The maximum Gasteiger partial charge on any atom is 0.276 e. The summed E-state index contributed by atoms with van der Waals surface area (Å²) >= 11 is 1.16. The van der Waals surface area contributed by atoms with Gasteiger partial charge in [0, 0.05) is 31.9 Å². The van der Waals surface area contributed by atoms with Gasteiger partial charge >= 0.3 is 0 Å². The molecule has 1 aliphatic heterocycles. The van der Waals surface area contributed by atoms with Crippen LogP contribution >= 0.6 is 11.7 Å². The summed E-state index contributed by atoms with van der Waals surface area (Å²) in [5.41, 5.74) is 3.76. The molecule has 0 saturated carbocycles. The smallest absolute Gasteiger partial charge is 0.276 e. The Bertz CT molecular complexity index is 976. The number of aromatic nitrogens is 5. The first-order chi connectivity index (χ1) is 13.5. The summed E-state index contributed by atoms with van der Waals surface area (Å²) in [6.45, 7) is 6.74. The second-order valence-corrected chi connectivity index (χ2v) is 7.26. The molecule has 1 saturated heterocycles. The molecule has 1 fully saturated rings. The van der Waals surface area contributed by atoms with Gasteiger partial charge in [-0.15, -0.1) is 5.10 Å². The van der Waals surface area contributed by atoms with Crippen LogP contribution in [0.2, 0.25) is 0 Å². The highest BCUT2D eigenvalue weighted by Crippen LogP contribution is 2.18. The SMILES string of the molecule is Cc1nsnc1Cn1nnc(C(=O)N2CCN(c3ccc(F)cc3)CC2)c1C. The Morgan fingerprint density at radius 1 is 1.11 bits per heavy atom. The molecule has 0 N–H and O–H groups in total. The molecule has 1 aliphatic rings. The van der Waals surface area contributed by atoms with E-state index in [0.29, 0.717) is 38.4 Å². The molecule has 0 spiro atoms. The van der Waals surface area contributed by atoms with Crippen LogP contribution in [0, 0.1) is 19.7 Å². The third-order valence-electron chi connectivity index (χ3n) is 4.99. The summed E-state index contributed by atoms with van der Waals surface area (Å²) in [6, 6.07) is 6.43. The third-order valence-corrected chi connectivity index (χ3v) is 5.65. The van der Waals surface area contributed by atoms with Crippen molar-refractivity contribution >= 4 is 23.3 Å². The molecule has 0 bridgehead atoms. The first-order valence-corrected chi connectivity index (χ1v) is 9.74. The summed E-state index contributed by atoms with van der Waals surface area (Å²) in [5, 5.41) is 8.24. The first-order valence-electron chi connectivity index (χ1n) is 9.01. The number of hydrogen-bond donors (Lipinski definition) is 0. The van der Waals surface area contributed by atoms with Crippen molar-refractivity contribution in [2.45, 2.75) is 20.4 Å². The molecule has 28 heavy (non-hydrogen) atoms. The maximum absolute atomic E-state index is 13.1. The van der Waals surface area contributed by atoms with Gasteiger partial charge < -0.3 is 9.80 Å². The van der Waals surface area contributed by atoms with Crippen molar-refractivity contribution in [1.82, 2.24) is 28.6 Å². The number of amides is 1. The second kappa shape index (κ2) is 7.63. The van der Waals surface area contributed by atoms with E-state index in [9.17, 15) is 9.18 Å². The Morgan fingerprint density at radius 3 is 2.46 bits per heavy atom. The molecule has 0 unspecified atom stereocenters. The molecule has 8 nitrogen and oxygen atoms in total. The van der Waals surface area contributed by atoms with E-state index in [1.54, 1.807) is 21.7 Å². The molecule has 3 heterocycles. The largest absolute Gasteiger partial charge is 0.368 e. The van der Waals surface area contributed by atoms with Crippen molar-refractivity contribution in [3.05, 3.63) is 52.9 Å². The van der Waals surface area contributed by atoms with Crippen LogP contribution in [0.5, 0.6) is 0 Å². The lowest BCUT2D eigenvalue weighted by Crippen LogP contribution is -2.49. The van der Waals surface area contributed by atoms with Crippen LogP contribution < -0.4 is 4.90 Å². The number of anilines is 1. The van der Waals surface area contributed by atoms with Gasteiger partial charge in [0.1, 0.15) is 5.82 Å². The van der Waals surface area contributed by atoms with E-state index in [-0.39, 0.29) is 11.7 Å². The van der Waals surface area contributed by atoms with E-state index in [4.69, 9.17) is 0 Å². The Kier molecular flexibility index (Phi) is 5.03. The number of aryl methyl sites for hydroxylation is 1. The van der Waals surface area contributed by atoms with Gasteiger partial charge in [-0.05, 0) is 38.1 Å². The molecular formula is C18H20FN7OS. The normalized spacial score (nSPS) is 14.5. The lowest BCUT2D eigenvalue weighted by atomic mass is 10.2. The predicted octanol–water partition coefficient (Wildman–Crippen LogP) is 1.90. The van der Waals surface area contributed by atoms with Gasteiger partial charge in [-0.2, -0.15) is 8.75 Å². The minimum Gasteiger partial charge on any atom is -0.368 e. The number of rotatable bonds is 4. The number of carbonyl (C=O) groups excluding carboxylic acids is 1. The zero-order valence-electron chi connectivity index (χ0n) is 15.7. The van der Waals surface area contributed by atoms with E-state index in [1.807, 2.05) is 13.8 Å². The number of benzene rings is 1. The molecule has 0 radical (unpaired) electrons. The molecule has 10 heteroatoms. The standard InChI is InChI=1S/C18H20FN7OS/c1-12-16(22-28-21-12)11-26-13(2)17(20-23-26)18(27)25-9-7-24(8-10-25)15-5-3-14(19)4-6-15/h3-6H,7-11H2,1-2H3. The Morgan fingerprint density at radius 2 is 1.82 bits per heavy atom.